The highest BCUT2D eigenvalue weighted by atomic mass is 32.1. The molecule has 0 N–H and O–H groups in total. The van der Waals surface area contributed by atoms with Crippen LogP contribution in [0.2, 0.25) is 0 Å². The molecular formula is C21H20F3N3O3S. The van der Waals surface area contributed by atoms with Crippen LogP contribution < -0.4 is 11.2 Å². The maximum Gasteiger partial charge on any atom is 0.416 e. The number of hydrogen-bond donors (Lipinski definition) is 0. The second kappa shape index (κ2) is 7.99. The Bertz CT molecular complexity index is 1260. The summed E-state index contributed by atoms with van der Waals surface area (Å²) in [4.78, 5) is 40.9. The predicted octanol–water partition coefficient (Wildman–Crippen LogP) is 3.63. The van der Waals surface area contributed by atoms with Crippen LogP contribution in [-0.2, 0) is 17.5 Å². The molecule has 164 valence electrons. The lowest BCUT2D eigenvalue weighted by Crippen LogP contribution is -2.46. The zero-order chi connectivity index (χ0) is 22.3. The molecule has 1 aliphatic rings. The number of nitrogens with zero attached hydrogens (tertiary/aromatic N) is 3. The minimum atomic E-state index is -4.62. The molecule has 0 unspecified atom stereocenters. The molecule has 0 aliphatic carbocycles. The number of aromatic nitrogens is 2. The number of fused-ring (bicyclic) bond motifs is 1. The van der Waals surface area contributed by atoms with Crippen molar-refractivity contribution in [3.8, 4) is 5.69 Å². The maximum atomic E-state index is 13.2. The first-order chi connectivity index (χ1) is 14.7. The lowest BCUT2D eigenvalue weighted by Gasteiger charge is -2.33. The molecule has 3 heterocycles. The van der Waals surface area contributed by atoms with Gasteiger partial charge in [0, 0.05) is 12.6 Å². The van der Waals surface area contributed by atoms with Crippen LogP contribution in [0.25, 0.3) is 15.9 Å². The zero-order valence-electron chi connectivity index (χ0n) is 16.7. The molecular weight excluding hydrogens is 431 g/mol. The van der Waals surface area contributed by atoms with Crippen LogP contribution >= 0.6 is 11.3 Å². The first-order valence-electron chi connectivity index (χ1n) is 9.88. The fourth-order valence-electron chi connectivity index (χ4n) is 3.98. The van der Waals surface area contributed by atoms with Gasteiger partial charge in [0.1, 0.15) is 11.2 Å². The number of piperidine rings is 1. The van der Waals surface area contributed by atoms with Crippen molar-refractivity contribution in [2.75, 3.05) is 6.54 Å². The number of alkyl halides is 3. The molecule has 0 bridgehead atoms. The summed E-state index contributed by atoms with van der Waals surface area (Å²) in [5, 5.41) is 1.62. The first kappa shape index (κ1) is 21.4. The molecule has 0 radical (unpaired) electrons. The van der Waals surface area contributed by atoms with Crippen LogP contribution in [0.5, 0.6) is 0 Å². The molecule has 1 amide bonds. The summed E-state index contributed by atoms with van der Waals surface area (Å²) in [5.41, 5.74) is -2.39. The highest BCUT2D eigenvalue weighted by Gasteiger charge is 2.31. The van der Waals surface area contributed by atoms with Crippen LogP contribution in [0.3, 0.4) is 0 Å². The topological polar surface area (TPSA) is 64.3 Å². The third kappa shape index (κ3) is 3.91. The van der Waals surface area contributed by atoms with Gasteiger partial charge in [0.05, 0.1) is 16.8 Å². The van der Waals surface area contributed by atoms with Crippen molar-refractivity contribution in [1.29, 1.82) is 0 Å². The number of amides is 1. The third-order valence-corrected chi connectivity index (χ3v) is 6.49. The van der Waals surface area contributed by atoms with Crippen LogP contribution in [0.4, 0.5) is 13.2 Å². The van der Waals surface area contributed by atoms with Gasteiger partial charge in [-0.2, -0.15) is 13.2 Å². The number of likely N-dealkylation sites (tertiary alicyclic amines) is 1. The zero-order valence-corrected chi connectivity index (χ0v) is 17.5. The monoisotopic (exact) mass is 451 g/mol. The van der Waals surface area contributed by atoms with E-state index in [4.69, 9.17) is 0 Å². The standard InChI is InChI=1S/C21H20F3N3O3S/c1-13-5-2-3-9-25(13)17(28)12-26-16-8-10-31-18(16)19(29)27(20(26)30)15-7-4-6-14(11-15)21(22,23)24/h4,6-8,10-11,13H,2-3,5,9,12H2,1H3/t13-/m0/s1. The molecule has 0 spiro atoms. The molecule has 1 aliphatic heterocycles. The second-order valence-corrected chi connectivity index (χ2v) is 8.54. The largest absolute Gasteiger partial charge is 0.416 e. The summed E-state index contributed by atoms with van der Waals surface area (Å²) >= 11 is 1.08. The minimum absolute atomic E-state index is 0.0456. The van der Waals surface area contributed by atoms with E-state index in [-0.39, 0.29) is 28.9 Å². The van der Waals surface area contributed by atoms with E-state index < -0.39 is 23.0 Å². The average Bonchev–Trinajstić information content (AvgIpc) is 3.21. The fraction of sp³-hybridized carbons (Fsp3) is 0.381. The summed E-state index contributed by atoms with van der Waals surface area (Å²) in [7, 11) is 0. The Kier molecular flexibility index (Phi) is 5.50. The van der Waals surface area contributed by atoms with Crippen molar-refractivity contribution in [3.63, 3.8) is 0 Å². The highest BCUT2D eigenvalue weighted by Crippen LogP contribution is 2.30. The average molecular weight is 451 g/mol. The lowest BCUT2D eigenvalue weighted by atomic mass is 10.0. The van der Waals surface area contributed by atoms with Gasteiger partial charge in [-0.1, -0.05) is 6.07 Å². The lowest BCUT2D eigenvalue weighted by molar-refractivity contribution is -0.137. The van der Waals surface area contributed by atoms with Gasteiger partial charge in [0.15, 0.2) is 0 Å². The Balaban J connectivity index is 1.85. The van der Waals surface area contributed by atoms with E-state index in [1.54, 1.807) is 16.3 Å². The summed E-state index contributed by atoms with van der Waals surface area (Å²) in [6.45, 7) is 2.26. The van der Waals surface area contributed by atoms with Crippen LogP contribution in [0.1, 0.15) is 31.7 Å². The quantitative estimate of drug-likeness (QED) is 0.611. The smallest absolute Gasteiger partial charge is 0.338 e. The molecule has 6 nitrogen and oxygen atoms in total. The molecule has 3 aromatic rings. The Morgan fingerprint density at radius 1 is 1.19 bits per heavy atom. The Morgan fingerprint density at radius 3 is 2.68 bits per heavy atom. The summed E-state index contributed by atoms with van der Waals surface area (Å²) in [6, 6.07) is 5.68. The van der Waals surface area contributed by atoms with Crippen molar-refractivity contribution in [3.05, 3.63) is 62.1 Å². The number of carbonyl (C=O) groups excluding carboxylic acids is 1. The van der Waals surface area contributed by atoms with E-state index >= 15 is 0 Å². The van der Waals surface area contributed by atoms with Gasteiger partial charge < -0.3 is 4.90 Å². The molecule has 1 fully saturated rings. The number of halogens is 3. The molecule has 10 heteroatoms. The fourth-order valence-corrected chi connectivity index (χ4v) is 4.81. The predicted molar refractivity (Wildman–Crippen MR) is 112 cm³/mol. The normalized spacial score (nSPS) is 17.3. The molecule has 0 saturated carbocycles. The number of thiophene rings is 1. The summed E-state index contributed by atoms with van der Waals surface area (Å²) in [6.07, 6.45) is -1.84. The van der Waals surface area contributed by atoms with E-state index in [0.29, 0.717) is 16.6 Å². The van der Waals surface area contributed by atoms with Crippen LogP contribution in [-0.4, -0.2) is 32.5 Å². The minimum Gasteiger partial charge on any atom is -0.338 e. The van der Waals surface area contributed by atoms with Crippen molar-refractivity contribution < 1.29 is 18.0 Å². The van der Waals surface area contributed by atoms with E-state index in [9.17, 15) is 27.6 Å². The molecule has 31 heavy (non-hydrogen) atoms. The van der Waals surface area contributed by atoms with Gasteiger partial charge in [0.25, 0.3) is 5.56 Å². The maximum absolute atomic E-state index is 13.2. The summed E-state index contributed by atoms with van der Waals surface area (Å²) in [5.74, 6) is -0.254. The van der Waals surface area contributed by atoms with Crippen molar-refractivity contribution >= 4 is 27.5 Å². The van der Waals surface area contributed by atoms with E-state index in [1.165, 1.54) is 10.6 Å². The van der Waals surface area contributed by atoms with Gasteiger partial charge in [-0.3, -0.25) is 14.2 Å². The van der Waals surface area contributed by atoms with E-state index in [0.717, 1.165) is 48.8 Å². The Labute approximate surface area is 179 Å². The van der Waals surface area contributed by atoms with Crippen molar-refractivity contribution in [1.82, 2.24) is 14.0 Å². The van der Waals surface area contributed by atoms with Gasteiger partial charge in [-0.25, -0.2) is 9.36 Å². The van der Waals surface area contributed by atoms with Gasteiger partial charge in [-0.15, -0.1) is 11.3 Å². The van der Waals surface area contributed by atoms with Crippen molar-refractivity contribution in [2.45, 2.75) is 44.9 Å². The van der Waals surface area contributed by atoms with E-state index in [1.807, 2.05) is 6.92 Å². The molecule has 1 aromatic carbocycles. The van der Waals surface area contributed by atoms with Crippen LogP contribution in [0, 0.1) is 0 Å². The number of carbonyl (C=O) groups is 1. The molecule has 2 aromatic heterocycles. The molecule has 1 atom stereocenters. The Morgan fingerprint density at radius 2 is 1.97 bits per heavy atom. The van der Waals surface area contributed by atoms with Crippen molar-refractivity contribution in [2.24, 2.45) is 0 Å². The number of rotatable bonds is 3. The Hall–Kier alpha value is -2.88. The first-order valence-corrected chi connectivity index (χ1v) is 10.8. The molecule has 4 rings (SSSR count). The summed E-state index contributed by atoms with van der Waals surface area (Å²) < 4.78 is 41.6. The second-order valence-electron chi connectivity index (χ2n) is 7.62. The number of hydrogen-bond acceptors (Lipinski definition) is 4. The van der Waals surface area contributed by atoms with Gasteiger partial charge >= 0.3 is 11.9 Å². The van der Waals surface area contributed by atoms with Crippen LogP contribution in [0.15, 0.2) is 45.3 Å². The highest BCUT2D eigenvalue weighted by molar-refractivity contribution is 7.17. The van der Waals surface area contributed by atoms with E-state index in [2.05, 4.69) is 0 Å². The molecule has 1 saturated heterocycles. The SMILES string of the molecule is C[C@H]1CCCCN1C(=O)Cn1c(=O)n(-c2cccc(C(F)(F)F)c2)c(=O)c2sccc21. The number of benzene rings is 1. The van der Waals surface area contributed by atoms with Gasteiger partial charge in [-0.05, 0) is 55.8 Å². The third-order valence-electron chi connectivity index (χ3n) is 5.60. The van der Waals surface area contributed by atoms with Gasteiger partial charge in [0.2, 0.25) is 5.91 Å².